The van der Waals surface area contributed by atoms with Gasteiger partial charge in [-0.15, -0.1) is 0 Å². The maximum atomic E-state index is 13.7. The van der Waals surface area contributed by atoms with Gasteiger partial charge in [-0.2, -0.15) is 0 Å². The Kier molecular flexibility index (Phi) is 4.24. The largest absolute Gasteiger partial charge is 0.464 e. The van der Waals surface area contributed by atoms with E-state index in [1.807, 2.05) is 0 Å². The molecule has 0 aliphatic heterocycles. The van der Waals surface area contributed by atoms with Crippen LogP contribution in [-0.2, 0) is 4.74 Å². The zero-order chi connectivity index (χ0) is 14.5. The Labute approximate surface area is 115 Å². The third kappa shape index (κ3) is 3.09. The first-order valence-corrected chi connectivity index (χ1v) is 6.03. The number of ether oxygens (including phenoxy) is 1. The van der Waals surface area contributed by atoms with Crippen molar-refractivity contribution in [3.05, 3.63) is 53.7 Å². The summed E-state index contributed by atoms with van der Waals surface area (Å²) in [5, 5.41) is 3.00. The van der Waals surface area contributed by atoms with Gasteiger partial charge < -0.3 is 10.1 Å². The Hall–Kier alpha value is -2.50. The van der Waals surface area contributed by atoms with Gasteiger partial charge in [0.25, 0.3) is 0 Å². The maximum Gasteiger partial charge on any atom is 0.358 e. The first-order valence-electron chi connectivity index (χ1n) is 6.03. The number of aromatic nitrogens is 2. The molecular formula is C14H14FN3O2. The molecule has 0 radical (unpaired) electrons. The SMILES string of the molecule is COC(=O)c1cncc(NC(C)c2ccccc2F)n1. The first-order chi connectivity index (χ1) is 9.61. The van der Waals surface area contributed by atoms with E-state index in [4.69, 9.17) is 0 Å². The van der Waals surface area contributed by atoms with Crippen LogP contribution in [0.1, 0.15) is 29.0 Å². The maximum absolute atomic E-state index is 13.7. The third-order valence-corrected chi connectivity index (χ3v) is 2.77. The predicted molar refractivity (Wildman–Crippen MR) is 71.8 cm³/mol. The van der Waals surface area contributed by atoms with Crippen LogP contribution in [0.15, 0.2) is 36.7 Å². The number of carbonyl (C=O) groups is 1. The number of nitrogens with one attached hydrogen (secondary N) is 1. The number of methoxy groups -OCH3 is 1. The molecule has 1 unspecified atom stereocenters. The minimum atomic E-state index is -0.570. The predicted octanol–water partition coefficient (Wildman–Crippen LogP) is 2.58. The zero-order valence-electron chi connectivity index (χ0n) is 11.1. The highest BCUT2D eigenvalue weighted by molar-refractivity contribution is 5.87. The van der Waals surface area contributed by atoms with Crippen LogP contribution >= 0.6 is 0 Å². The standard InChI is InChI=1S/C14H14FN3O2/c1-9(10-5-3-4-6-11(10)15)17-13-8-16-7-12(18-13)14(19)20-2/h3-9H,1-2H3,(H,17,18). The molecule has 2 aromatic rings. The summed E-state index contributed by atoms with van der Waals surface area (Å²) in [6.45, 7) is 1.80. The average Bonchev–Trinajstić information content (AvgIpc) is 2.47. The second kappa shape index (κ2) is 6.10. The summed E-state index contributed by atoms with van der Waals surface area (Å²) >= 11 is 0. The molecule has 0 saturated heterocycles. The molecule has 1 N–H and O–H groups in total. The number of carbonyl (C=O) groups excluding carboxylic acids is 1. The minimum Gasteiger partial charge on any atom is -0.464 e. The van der Waals surface area contributed by atoms with E-state index in [1.54, 1.807) is 25.1 Å². The molecule has 1 aromatic carbocycles. The van der Waals surface area contributed by atoms with Crippen LogP contribution in [0.25, 0.3) is 0 Å². The van der Waals surface area contributed by atoms with Gasteiger partial charge in [0.15, 0.2) is 5.69 Å². The van der Waals surface area contributed by atoms with Gasteiger partial charge in [-0.25, -0.2) is 14.2 Å². The first kappa shape index (κ1) is 13.9. The fraction of sp³-hybridized carbons (Fsp3) is 0.214. The van der Waals surface area contributed by atoms with Crippen molar-refractivity contribution in [2.24, 2.45) is 0 Å². The van der Waals surface area contributed by atoms with Gasteiger partial charge in [0, 0.05) is 5.56 Å². The summed E-state index contributed by atoms with van der Waals surface area (Å²) in [6.07, 6.45) is 2.77. The summed E-state index contributed by atoms with van der Waals surface area (Å²) < 4.78 is 18.2. The van der Waals surface area contributed by atoms with E-state index in [-0.39, 0.29) is 17.6 Å². The van der Waals surface area contributed by atoms with Crippen molar-refractivity contribution in [3.8, 4) is 0 Å². The lowest BCUT2D eigenvalue weighted by molar-refractivity contribution is 0.0593. The van der Waals surface area contributed by atoms with Crippen LogP contribution in [0.4, 0.5) is 10.2 Å². The number of anilines is 1. The molecule has 2 rings (SSSR count). The molecule has 1 aromatic heterocycles. The van der Waals surface area contributed by atoms with Crippen molar-refractivity contribution < 1.29 is 13.9 Å². The Morgan fingerprint density at radius 2 is 2.10 bits per heavy atom. The summed E-state index contributed by atoms with van der Waals surface area (Å²) in [7, 11) is 1.27. The fourth-order valence-electron chi connectivity index (χ4n) is 1.76. The van der Waals surface area contributed by atoms with E-state index in [1.165, 1.54) is 25.6 Å². The Bertz CT molecular complexity index is 619. The van der Waals surface area contributed by atoms with Crippen LogP contribution < -0.4 is 5.32 Å². The third-order valence-electron chi connectivity index (χ3n) is 2.77. The van der Waals surface area contributed by atoms with Gasteiger partial charge in [0.2, 0.25) is 0 Å². The molecule has 0 amide bonds. The molecule has 20 heavy (non-hydrogen) atoms. The number of rotatable bonds is 4. The number of hydrogen-bond donors (Lipinski definition) is 1. The van der Waals surface area contributed by atoms with E-state index in [2.05, 4.69) is 20.0 Å². The Balaban J connectivity index is 2.18. The van der Waals surface area contributed by atoms with Crippen molar-refractivity contribution >= 4 is 11.8 Å². The van der Waals surface area contributed by atoms with Crippen molar-refractivity contribution in [2.45, 2.75) is 13.0 Å². The number of hydrogen-bond acceptors (Lipinski definition) is 5. The molecule has 0 aliphatic carbocycles. The highest BCUT2D eigenvalue weighted by Gasteiger charge is 2.13. The number of benzene rings is 1. The number of esters is 1. The van der Waals surface area contributed by atoms with E-state index < -0.39 is 5.97 Å². The summed E-state index contributed by atoms with van der Waals surface area (Å²) in [5.41, 5.74) is 0.607. The van der Waals surface area contributed by atoms with Crippen LogP contribution in [0, 0.1) is 5.82 Å². The second-order valence-corrected chi connectivity index (χ2v) is 4.17. The molecule has 1 atom stereocenters. The minimum absolute atomic E-state index is 0.0956. The summed E-state index contributed by atoms with van der Waals surface area (Å²) in [5.74, 6) is -0.493. The van der Waals surface area contributed by atoms with Crippen LogP contribution in [0.2, 0.25) is 0 Å². The van der Waals surface area contributed by atoms with Gasteiger partial charge in [0.1, 0.15) is 11.6 Å². The van der Waals surface area contributed by atoms with Crippen LogP contribution in [0.3, 0.4) is 0 Å². The molecule has 0 bridgehead atoms. The summed E-state index contributed by atoms with van der Waals surface area (Å²) in [6, 6.07) is 6.16. The van der Waals surface area contributed by atoms with Gasteiger partial charge in [-0.3, -0.25) is 4.98 Å². The van der Waals surface area contributed by atoms with Gasteiger partial charge in [0.05, 0.1) is 25.5 Å². The van der Waals surface area contributed by atoms with E-state index >= 15 is 0 Å². The number of nitrogens with zero attached hydrogens (tertiary/aromatic N) is 2. The molecule has 0 spiro atoms. The van der Waals surface area contributed by atoms with E-state index in [9.17, 15) is 9.18 Å². The molecule has 6 heteroatoms. The Morgan fingerprint density at radius 3 is 2.80 bits per heavy atom. The lowest BCUT2D eigenvalue weighted by Crippen LogP contribution is -2.12. The topological polar surface area (TPSA) is 64.1 Å². The zero-order valence-corrected chi connectivity index (χ0v) is 11.1. The van der Waals surface area contributed by atoms with Crippen molar-refractivity contribution in [1.29, 1.82) is 0 Å². The lowest BCUT2D eigenvalue weighted by Gasteiger charge is -2.15. The molecule has 5 nitrogen and oxygen atoms in total. The van der Waals surface area contributed by atoms with Gasteiger partial charge in [-0.05, 0) is 13.0 Å². The number of halogens is 1. The fourth-order valence-corrected chi connectivity index (χ4v) is 1.76. The molecule has 1 heterocycles. The summed E-state index contributed by atoms with van der Waals surface area (Å²) in [4.78, 5) is 19.3. The normalized spacial score (nSPS) is 11.8. The molecule has 104 valence electrons. The molecule has 0 saturated carbocycles. The molecule has 0 aliphatic rings. The monoisotopic (exact) mass is 275 g/mol. The highest BCUT2D eigenvalue weighted by atomic mass is 19.1. The smallest absolute Gasteiger partial charge is 0.358 e. The average molecular weight is 275 g/mol. The van der Waals surface area contributed by atoms with Gasteiger partial charge >= 0.3 is 5.97 Å². The van der Waals surface area contributed by atoms with Crippen molar-refractivity contribution in [1.82, 2.24) is 9.97 Å². The lowest BCUT2D eigenvalue weighted by atomic mass is 10.1. The van der Waals surface area contributed by atoms with Crippen molar-refractivity contribution in [2.75, 3.05) is 12.4 Å². The van der Waals surface area contributed by atoms with E-state index in [0.29, 0.717) is 11.4 Å². The van der Waals surface area contributed by atoms with Crippen LogP contribution in [-0.4, -0.2) is 23.0 Å². The van der Waals surface area contributed by atoms with Gasteiger partial charge in [-0.1, -0.05) is 18.2 Å². The van der Waals surface area contributed by atoms with E-state index in [0.717, 1.165) is 0 Å². The second-order valence-electron chi connectivity index (χ2n) is 4.17. The molecule has 0 fully saturated rings. The highest BCUT2D eigenvalue weighted by Crippen LogP contribution is 2.20. The Morgan fingerprint density at radius 1 is 1.35 bits per heavy atom. The van der Waals surface area contributed by atoms with Crippen LogP contribution in [0.5, 0.6) is 0 Å². The van der Waals surface area contributed by atoms with Crippen molar-refractivity contribution in [3.63, 3.8) is 0 Å². The molecular weight excluding hydrogens is 261 g/mol. The quantitative estimate of drug-likeness (QED) is 0.869.